The van der Waals surface area contributed by atoms with Crippen molar-refractivity contribution in [1.82, 2.24) is 9.55 Å². The molecule has 2 aromatic heterocycles. The highest BCUT2D eigenvalue weighted by Crippen LogP contribution is 2.20. The summed E-state index contributed by atoms with van der Waals surface area (Å²) in [6.07, 6.45) is 1.33. The highest BCUT2D eigenvalue weighted by atomic mass is 35.5. The smallest absolute Gasteiger partial charge is 0.264 e. The van der Waals surface area contributed by atoms with Crippen molar-refractivity contribution in [3.63, 3.8) is 0 Å². The zero-order chi connectivity index (χ0) is 18.1. The average Bonchev–Trinajstić information content (AvgIpc) is 2.85. The van der Waals surface area contributed by atoms with E-state index in [-0.39, 0.29) is 34.9 Å². The second kappa shape index (κ2) is 6.68. The second-order valence-electron chi connectivity index (χ2n) is 5.63. The van der Waals surface area contributed by atoms with E-state index in [2.05, 4.69) is 10.3 Å². The van der Waals surface area contributed by atoms with Gasteiger partial charge in [-0.25, -0.2) is 9.37 Å². The van der Waals surface area contributed by atoms with E-state index in [4.69, 9.17) is 16.0 Å². The topological polar surface area (TPSA) is 77.1 Å². The van der Waals surface area contributed by atoms with E-state index < -0.39 is 11.7 Å². The molecule has 6 nitrogen and oxygen atoms in total. The summed E-state index contributed by atoms with van der Waals surface area (Å²) in [5.41, 5.74) is 0.778. The van der Waals surface area contributed by atoms with E-state index in [0.29, 0.717) is 11.1 Å². The van der Waals surface area contributed by atoms with Crippen molar-refractivity contribution in [1.29, 1.82) is 0 Å². The molecule has 0 saturated heterocycles. The summed E-state index contributed by atoms with van der Waals surface area (Å²) in [6, 6.07) is 3.98. The number of aryl methyl sites for hydroxylation is 3. The molecule has 0 aliphatic carbocycles. The normalized spacial score (nSPS) is 11.0. The van der Waals surface area contributed by atoms with Crippen molar-refractivity contribution in [3.05, 3.63) is 57.0 Å². The molecule has 8 heteroatoms. The Labute approximate surface area is 147 Å². The van der Waals surface area contributed by atoms with Gasteiger partial charge >= 0.3 is 0 Å². The Morgan fingerprint density at radius 1 is 1.40 bits per heavy atom. The van der Waals surface area contributed by atoms with Crippen molar-refractivity contribution >= 4 is 34.3 Å². The molecular formula is C17H15ClFN3O3. The number of amides is 1. The lowest BCUT2D eigenvalue weighted by molar-refractivity contribution is -0.116. The molecular weight excluding hydrogens is 349 g/mol. The third-order valence-corrected chi connectivity index (χ3v) is 4.18. The molecule has 2 heterocycles. The molecule has 0 radical (unpaired) electrons. The van der Waals surface area contributed by atoms with Crippen LogP contribution in [0.15, 0.2) is 33.7 Å². The standard InChI is InChI=1S/C17H15ClFN3O3/c1-9-10(2)25-16-15(9)17(24)22(8-20-16)6-5-14(23)21-13-4-3-11(18)7-12(13)19/h3-4,7-8H,5-6H2,1-2H3,(H,21,23). The Kier molecular flexibility index (Phi) is 4.59. The molecule has 0 bridgehead atoms. The van der Waals surface area contributed by atoms with Crippen molar-refractivity contribution < 1.29 is 13.6 Å². The summed E-state index contributed by atoms with van der Waals surface area (Å²) >= 11 is 5.67. The quantitative estimate of drug-likeness (QED) is 0.770. The first-order valence-electron chi connectivity index (χ1n) is 7.57. The Morgan fingerprint density at radius 2 is 2.16 bits per heavy atom. The lowest BCUT2D eigenvalue weighted by atomic mass is 10.2. The van der Waals surface area contributed by atoms with E-state index in [1.54, 1.807) is 13.8 Å². The number of rotatable bonds is 4. The highest BCUT2D eigenvalue weighted by Gasteiger charge is 2.14. The van der Waals surface area contributed by atoms with Gasteiger partial charge in [-0.2, -0.15) is 0 Å². The molecule has 1 N–H and O–H groups in total. The number of nitrogens with zero attached hydrogens (tertiary/aromatic N) is 2. The summed E-state index contributed by atoms with van der Waals surface area (Å²) < 4.78 is 20.4. The largest absolute Gasteiger partial charge is 0.443 e. The van der Waals surface area contributed by atoms with Gasteiger partial charge in [0.1, 0.15) is 23.3 Å². The van der Waals surface area contributed by atoms with Crippen LogP contribution >= 0.6 is 11.6 Å². The van der Waals surface area contributed by atoms with Crippen LogP contribution in [0.25, 0.3) is 11.1 Å². The Bertz CT molecular complexity index is 1030. The zero-order valence-corrected chi connectivity index (χ0v) is 14.4. The summed E-state index contributed by atoms with van der Waals surface area (Å²) in [4.78, 5) is 28.6. The van der Waals surface area contributed by atoms with Crippen molar-refractivity contribution in [2.75, 3.05) is 5.32 Å². The second-order valence-corrected chi connectivity index (χ2v) is 6.07. The van der Waals surface area contributed by atoms with Crippen LogP contribution in [0.3, 0.4) is 0 Å². The van der Waals surface area contributed by atoms with Crippen molar-refractivity contribution in [3.8, 4) is 0 Å². The van der Waals surface area contributed by atoms with E-state index in [1.807, 2.05) is 0 Å². The minimum absolute atomic E-state index is 0.00889. The summed E-state index contributed by atoms with van der Waals surface area (Å²) in [7, 11) is 0. The maximum Gasteiger partial charge on any atom is 0.264 e. The number of aromatic nitrogens is 2. The number of nitrogens with one attached hydrogen (secondary N) is 1. The number of furan rings is 1. The molecule has 130 valence electrons. The summed E-state index contributed by atoms with van der Waals surface area (Å²) in [5.74, 6) is -0.410. The van der Waals surface area contributed by atoms with Gasteiger partial charge in [-0.3, -0.25) is 14.2 Å². The SMILES string of the molecule is Cc1oc2ncn(CCC(=O)Nc3ccc(Cl)cc3F)c(=O)c2c1C. The van der Waals surface area contributed by atoms with Gasteiger partial charge in [-0.15, -0.1) is 0 Å². The maximum atomic E-state index is 13.7. The molecule has 3 rings (SSSR count). The van der Waals surface area contributed by atoms with Gasteiger partial charge in [-0.05, 0) is 32.0 Å². The first-order chi connectivity index (χ1) is 11.9. The van der Waals surface area contributed by atoms with Crippen LogP contribution < -0.4 is 10.9 Å². The molecule has 0 aliphatic rings. The minimum Gasteiger partial charge on any atom is -0.443 e. The van der Waals surface area contributed by atoms with E-state index in [1.165, 1.54) is 23.0 Å². The number of hydrogen-bond acceptors (Lipinski definition) is 4. The van der Waals surface area contributed by atoms with Gasteiger partial charge in [0, 0.05) is 23.6 Å². The third-order valence-electron chi connectivity index (χ3n) is 3.94. The number of benzene rings is 1. The monoisotopic (exact) mass is 363 g/mol. The van der Waals surface area contributed by atoms with Crippen molar-refractivity contribution in [2.24, 2.45) is 0 Å². The van der Waals surface area contributed by atoms with E-state index >= 15 is 0 Å². The fourth-order valence-corrected chi connectivity index (χ4v) is 2.61. The lowest BCUT2D eigenvalue weighted by Crippen LogP contribution is -2.23. The van der Waals surface area contributed by atoms with E-state index in [9.17, 15) is 14.0 Å². The molecule has 0 unspecified atom stereocenters. The number of hydrogen-bond donors (Lipinski definition) is 1. The van der Waals surface area contributed by atoms with Gasteiger partial charge in [0.15, 0.2) is 0 Å². The van der Waals surface area contributed by atoms with Gasteiger partial charge < -0.3 is 9.73 Å². The van der Waals surface area contributed by atoms with Crippen LogP contribution in [0.2, 0.25) is 5.02 Å². The first kappa shape index (κ1) is 17.2. The highest BCUT2D eigenvalue weighted by molar-refractivity contribution is 6.30. The molecule has 3 aromatic rings. The number of carbonyl (C=O) groups is 1. The zero-order valence-electron chi connectivity index (χ0n) is 13.6. The predicted molar refractivity (Wildman–Crippen MR) is 92.4 cm³/mol. The predicted octanol–water partition coefficient (Wildman–Crippen LogP) is 3.43. The summed E-state index contributed by atoms with van der Waals surface area (Å²) in [6.45, 7) is 3.66. The molecule has 0 aliphatic heterocycles. The first-order valence-corrected chi connectivity index (χ1v) is 7.94. The maximum absolute atomic E-state index is 13.7. The number of fused-ring (bicyclic) bond motifs is 1. The summed E-state index contributed by atoms with van der Waals surface area (Å²) in [5, 5.41) is 3.10. The Balaban J connectivity index is 1.74. The molecule has 0 fully saturated rings. The Hall–Kier alpha value is -2.67. The molecule has 1 amide bonds. The van der Waals surface area contributed by atoms with Crippen LogP contribution in [0.5, 0.6) is 0 Å². The molecule has 25 heavy (non-hydrogen) atoms. The number of halogens is 2. The van der Waals surface area contributed by atoms with Gasteiger partial charge in [0.25, 0.3) is 5.56 Å². The lowest BCUT2D eigenvalue weighted by Gasteiger charge is -2.08. The van der Waals surface area contributed by atoms with E-state index in [0.717, 1.165) is 11.6 Å². The average molecular weight is 364 g/mol. The van der Waals surface area contributed by atoms with Crippen molar-refractivity contribution in [2.45, 2.75) is 26.8 Å². The Morgan fingerprint density at radius 3 is 2.88 bits per heavy atom. The van der Waals surface area contributed by atoms with Gasteiger partial charge in [0.05, 0.1) is 5.69 Å². The molecule has 0 atom stereocenters. The number of carbonyl (C=O) groups excluding carboxylic acids is 1. The fourth-order valence-electron chi connectivity index (χ4n) is 2.45. The van der Waals surface area contributed by atoms with Gasteiger partial charge in [-0.1, -0.05) is 11.6 Å². The van der Waals surface area contributed by atoms with Crippen LogP contribution in [-0.4, -0.2) is 15.5 Å². The van der Waals surface area contributed by atoms with Crippen LogP contribution in [0, 0.1) is 19.7 Å². The molecule has 1 aromatic carbocycles. The van der Waals surface area contributed by atoms with Crippen LogP contribution in [0.1, 0.15) is 17.7 Å². The van der Waals surface area contributed by atoms with Crippen LogP contribution in [-0.2, 0) is 11.3 Å². The third kappa shape index (κ3) is 3.41. The fraction of sp³-hybridized carbons (Fsp3) is 0.235. The minimum atomic E-state index is -0.620. The van der Waals surface area contributed by atoms with Gasteiger partial charge in [0.2, 0.25) is 11.6 Å². The van der Waals surface area contributed by atoms with Crippen LogP contribution in [0.4, 0.5) is 10.1 Å². The molecule has 0 spiro atoms. The number of anilines is 1. The molecule has 0 saturated carbocycles.